The molecule has 1 aliphatic carbocycles. The van der Waals surface area contributed by atoms with Crippen LogP contribution in [0.3, 0.4) is 0 Å². The SMILES string of the molecule is CCOC1(C)C=CC(N=Cc2ccccc2)=CC1. The van der Waals surface area contributed by atoms with Gasteiger partial charge < -0.3 is 4.74 Å². The van der Waals surface area contributed by atoms with E-state index in [1.807, 2.05) is 49.5 Å². The molecule has 0 spiro atoms. The molecule has 0 saturated carbocycles. The Kier molecular flexibility index (Phi) is 4.11. The smallest absolute Gasteiger partial charge is 0.0873 e. The fraction of sp³-hybridized carbons (Fsp3) is 0.312. The molecule has 0 radical (unpaired) electrons. The molecule has 0 saturated heterocycles. The van der Waals surface area contributed by atoms with Crippen molar-refractivity contribution in [2.24, 2.45) is 4.99 Å². The summed E-state index contributed by atoms with van der Waals surface area (Å²) in [5.41, 5.74) is 1.95. The van der Waals surface area contributed by atoms with Gasteiger partial charge in [-0.1, -0.05) is 42.5 Å². The molecular formula is C16H19NO. The highest BCUT2D eigenvalue weighted by atomic mass is 16.5. The normalized spacial score (nSPS) is 23.3. The van der Waals surface area contributed by atoms with Gasteiger partial charge in [0, 0.05) is 19.2 Å². The number of benzene rings is 1. The molecule has 0 heterocycles. The van der Waals surface area contributed by atoms with Crippen molar-refractivity contribution < 1.29 is 4.74 Å². The lowest BCUT2D eigenvalue weighted by atomic mass is 9.96. The Morgan fingerprint density at radius 1 is 1.33 bits per heavy atom. The monoisotopic (exact) mass is 241 g/mol. The van der Waals surface area contributed by atoms with E-state index in [-0.39, 0.29) is 5.60 Å². The quantitative estimate of drug-likeness (QED) is 0.736. The van der Waals surface area contributed by atoms with E-state index >= 15 is 0 Å². The Bertz CT molecular complexity index is 473. The van der Waals surface area contributed by atoms with Crippen molar-refractivity contribution in [3.05, 3.63) is 59.8 Å². The third-order valence-electron chi connectivity index (χ3n) is 2.96. The van der Waals surface area contributed by atoms with Crippen molar-refractivity contribution in [2.75, 3.05) is 6.61 Å². The molecule has 1 aromatic carbocycles. The zero-order valence-corrected chi connectivity index (χ0v) is 11.0. The maximum absolute atomic E-state index is 5.70. The minimum Gasteiger partial charge on any atom is -0.371 e. The van der Waals surface area contributed by atoms with E-state index in [1.54, 1.807) is 0 Å². The molecule has 1 aliphatic rings. The molecule has 0 bridgehead atoms. The van der Waals surface area contributed by atoms with Crippen LogP contribution in [-0.4, -0.2) is 18.4 Å². The van der Waals surface area contributed by atoms with Gasteiger partial charge in [-0.05, 0) is 25.5 Å². The van der Waals surface area contributed by atoms with Gasteiger partial charge in [0.15, 0.2) is 0 Å². The first-order chi connectivity index (χ1) is 8.72. The summed E-state index contributed by atoms with van der Waals surface area (Å²) in [6, 6.07) is 10.1. The topological polar surface area (TPSA) is 21.6 Å². The van der Waals surface area contributed by atoms with Crippen molar-refractivity contribution in [1.29, 1.82) is 0 Å². The van der Waals surface area contributed by atoms with Crippen LogP contribution in [0.4, 0.5) is 0 Å². The first-order valence-electron chi connectivity index (χ1n) is 6.34. The first-order valence-corrected chi connectivity index (χ1v) is 6.34. The van der Waals surface area contributed by atoms with E-state index < -0.39 is 0 Å². The third kappa shape index (κ3) is 3.41. The largest absolute Gasteiger partial charge is 0.371 e. The van der Waals surface area contributed by atoms with Crippen molar-refractivity contribution in [2.45, 2.75) is 25.9 Å². The van der Waals surface area contributed by atoms with E-state index in [4.69, 9.17) is 4.74 Å². The van der Waals surface area contributed by atoms with Crippen LogP contribution in [0.1, 0.15) is 25.8 Å². The fourth-order valence-electron chi connectivity index (χ4n) is 1.93. The highest BCUT2D eigenvalue weighted by Gasteiger charge is 2.22. The van der Waals surface area contributed by atoms with E-state index in [1.165, 1.54) is 0 Å². The highest BCUT2D eigenvalue weighted by Crippen LogP contribution is 2.24. The van der Waals surface area contributed by atoms with Gasteiger partial charge in [0.1, 0.15) is 0 Å². The number of rotatable bonds is 4. The van der Waals surface area contributed by atoms with Crippen molar-refractivity contribution in [3.63, 3.8) is 0 Å². The third-order valence-corrected chi connectivity index (χ3v) is 2.96. The summed E-state index contributed by atoms with van der Waals surface area (Å²) in [6.45, 7) is 4.85. The second kappa shape index (κ2) is 5.78. The Morgan fingerprint density at radius 2 is 2.11 bits per heavy atom. The summed E-state index contributed by atoms with van der Waals surface area (Å²) in [5, 5.41) is 0. The molecule has 18 heavy (non-hydrogen) atoms. The van der Waals surface area contributed by atoms with Crippen LogP contribution in [-0.2, 0) is 4.74 Å². The average molecular weight is 241 g/mol. The maximum atomic E-state index is 5.70. The highest BCUT2D eigenvalue weighted by molar-refractivity contribution is 5.80. The molecule has 1 atom stereocenters. The zero-order valence-electron chi connectivity index (χ0n) is 11.0. The summed E-state index contributed by atoms with van der Waals surface area (Å²) in [5.74, 6) is 0. The lowest BCUT2D eigenvalue weighted by Crippen LogP contribution is -2.26. The number of hydrogen-bond donors (Lipinski definition) is 0. The Hall–Kier alpha value is -1.67. The molecule has 1 aromatic rings. The number of allylic oxidation sites excluding steroid dienone is 1. The molecule has 2 nitrogen and oxygen atoms in total. The summed E-state index contributed by atoms with van der Waals surface area (Å²) >= 11 is 0. The van der Waals surface area contributed by atoms with E-state index in [9.17, 15) is 0 Å². The van der Waals surface area contributed by atoms with Gasteiger partial charge in [-0.25, -0.2) is 0 Å². The number of ether oxygens (including phenoxy) is 1. The Morgan fingerprint density at radius 3 is 2.72 bits per heavy atom. The number of hydrogen-bond acceptors (Lipinski definition) is 2. The lowest BCUT2D eigenvalue weighted by molar-refractivity contribution is 0.0150. The molecule has 0 amide bonds. The van der Waals surface area contributed by atoms with Crippen LogP contribution < -0.4 is 0 Å². The molecule has 0 N–H and O–H groups in total. The minimum absolute atomic E-state index is 0.166. The molecule has 2 rings (SSSR count). The molecule has 0 aromatic heterocycles. The molecule has 94 valence electrons. The van der Waals surface area contributed by atoms with Gasteiger partial charge >= 0.3 is 0 Å². The van der Waals surface area contributed by atoms with Crippen LogP contribution in [0.2, 0.25) is 0 Å². The Balaban J connectivity index is 2.00. The molecule has 2 heteroatoms. The van der Waals surface area contributed by atoms with Gasteiger partial charge in [-0.15, -0.1) is 0 Å². The van der Waals surface area contributed by atoms with Crippen molar-refractivity contribution in [1.82, 2.24) is 0 Å². The van der Waals surface area contributed by atoms with Crippen molar-refractivity contribution in [3.8, 4) is 0 Å². The second-order valence-electron chi connectivity index (χ2n) is 4.58. The second-order valence-corrected chi connectivity index (χ2v) is 4.58. The molecule has 0 aliphatic heterocycles. The number of aliphatic imine (C=N–C) groups is 1. The van der Waals surface area contributed by atoms with Crippen LogP contribution in [0.15, 0.2) is 59.2 Å². The fourth-order valence-corrected chi connectivity index (χ4v) is 1.93. The standard InChI is InChI=1S/C16H19NO/c1-3-18-16(2)11-9-15(10-12-16)17-13-14-7-5-4-6-8-14/h4-11,13H,3,12H2,1-2H3. The maximum Gasteiger partial charge on any atom is 0.0873 e. The van der Waals surface area contributed by atoms with Gasteiger partial charge in [-0.3, -0.25) is 4.99 Å². The Labute approximate surface area is 109 Å². The summed E-state index contributed by atoms with van der Waals surface area (Å²) in [6.07, 6.45) is 9.00. The van der Waals surface area contributed by atoms with E-state index in [0.29, 0.717) is 0 Å². The predicted molar refractivity (Wildman–Crippen MR) is 75.9 cm³/mol. The predicted octanol–water partition coefficient (Wildman–Crippen LogP) is 3.74. The van der Waals surface area contributed by atoms with Crippen LogP contribution in [0.5, 0.6) is 0 Å². The van der Waals surface area contributed by atoms with Gasteiger partial charge in [0.05, 0.1) is 11.3 Å². The van der Waals surface area contributed by atoms with E-state index in [0.717, 1.165) is 24.3 Å². The van der Waals surface area contributed by atoms with Gasteiger partial charge in [-0.2, -0.15) is 0 Å². The lowest BCUT2D eigenvalue weighted by Gasteiger charge is -2.27. The van der Waals surface area contributed by atoms with E-state index in [2.05, 4.69) is 24.1 Å². The van der Waals surface area contributed by atoms with Crippen molar-refractivity contribution >= 4 is 6.21 Å². The zero-order chi connectivity index (χ0) is 12.8. The summed E-state index contributed by atoms with van der Waals surface area (Å²) in [7, 11) is 0. The summed E-state index contributed by atoms with van der Waals surface area (Å²) < 4.78 is 5.70. The van der Waals surface area contributed by atoms with Crippen LogP contribution in [0.25, 0.3) is 0 Å². The molecule has 1 unspecified atom stereocenters. The van der Waals surface area contributed by atoms with Crippen LogP contribution in [0, 0.1) is 0 Å². The molecule has 0 fully saturated rings. The minimum atomic E-state index is -0.166. The first kappa shape index (κ1) is 12.8. The summed E-state index contributed by atoms with van der Waals surface area (Å²) in [4.78, 5) is 4.47. The average Bonchev–Trinajstić information content (AvgIpc) is 2.40. The van der Waals surface area contributed by atoms with Gasteiger partial charge in [0.25, 0.3) is 0 Å². The molecular weight excluding hydrogens is 222 g/mol. The van der Waals surface area contributed by atoms with Gasteiger partial charge in [0.2, 0.25) is 0 Å². The van der Waals surface area contributed by atoms with Crippen LogP contribution >= 0.6 is 0 Å². The number of nitrogens with zero attached hydrogens (tertiary/aromatic N) is 1.